The lowest BCUT2D eigenvalue weighted by Crippen LogP contribution is -2.55. The van der Waals surface area contributed by atoms with Crippen molar-refractivity contribution in [2.45, 2.75) is 107 Å². The van der Waals surface area contributed by atoms with E-state index in [1.807, 2.05) is 62.3 Å². The topological polar surface area (TPSA) is 60.4 Å². The highest BCUT2D eigenvalue weighted by molar-refractivity contribution is 6.01. The Morgan fingerprint density at radius 2 is 0.885 bits per heavy atom. The Kier molecular flexibility index (Phi) is 7.24. The van der Waals surface area contributed by atoms with Gasteiger partial charge in [0.05, 0.1) is 5.60 Å². The van der Waals surface area contributed by atoms with Crippen LogP contribution >= 0.6 is 0 Å². The molecule has 0 radical (unpaired) electrons. The molecule has 4 nitrogen and oxygen atoms in total. The third-order valence-electron chi connectivity index (χ3n) is 4.16. The summed E-state index contributed by atoms with van der Waals surface area (Å²) in [6, 6.07) is 0. The molecule has 0 aromatic carbocycles. The summed E-state index contributed by atoms with van der Waals surface area (Å²) in [7, 11) is 0. The molecule has 0 saturated carbocycles. The average molecular weight is 369 g/mol. The van der Waals surface area contributed by atoms with Crippen molar-refractivity contribution in [3.8, 4) is 0 Å². The molecule has 0 atom stereocenters. The van der Waals surface area contributed by atoms with Crippen LogP contribution in [0.5, 0.6) is 0 Å². The lowest BCUT2D eigenvalue weighted by atomic mass is 9.70. The second-order valence-corrected chi connectivity index (χ2v) is 11.5. The van der Waals surface area contributed by atoms with E-state index in [9.17, 15) is 14.4 Å². The zero-order chi connectivity index (χ0) is 21.4. The summed E-state index contributed by atoms with van der Waals surface area (Å²) in [6.45, 7) is 21.9. The van der Waals surface area contributed by atoms with Gasteiger partial charge in [0.1, 0.15) is 17.2 Å². The molecule has 0 heterocycles. The van der Waals surface area contributed by atoms with Crippen molar-refractivity contribution < 1.29 is 19.1 Å². The molecule has 4 heteroatoms. The molecule has 152 valence electrons. The summed E-state index contributed by atoms with van der Waals surface area (Å²) < 4.78 is 6.25. The van der Waals surface area contributed by atoms with Gasteiger partial charge in [-0.05, 0) is 20.8 Å². The molecule has 0 aliphatic heterocycles. The number of rotatable bonds is 6. The van der Waals surface area contributed by atoms with E-state index in [2.05, 4.69) is 0 Å². The van der Waals surface area contributed by atoms with Crippen LogP contribution in [0.4, 0.5) is 0 Å². The molecule has 0 rings (SSSR count). The zero-order valence-corrected chi connectivity index (χ0v) is 19.0. The first-order valence-corrected chi connectivity index (χ1v) is 9.43. The Morgan fingerprint density at radius 1 is 0.577 bits per heavy atom. The van der Waals surface area contributed by atoms with E-state index in [1.165, 1.54) is 0 Å². The van der Waals surface area contributed by atoms with Gasteiger partial charge in [0.25, 0.3) is 0 Å². The van der Waals surface area contributed by atoms with Crippen molar-refractivity contribution in [1.29, 1.82) is 0 Å². The maximum absolute atomic E-state index is 13.5. The van der Waals surface area contributed by atoms with Crippen LogP contribution in [0.3, 0.4) is 0 Å². The minimum absolute atomic E-state index is 0.0824. The standard InChI is InChI=1S/C22H40O4/c1-18(2,3)15(23)13-22(26-21(10,11)12,17(25)20(7,8)9)14-16(24)19(4,5)6/h13-14H2,1-12H3. The third kappa shape index (κ3) is 7.30. The molecule has 0 bridgehead atoms. The molecule has 0 spiro atoms. The minimum atomic E-state index is -1.45. The Labute approximate surface area is 160 Å². The van der Waals surface area contributed by atoms with Gasteiger partial charge in [0.15, 0.2) is 5.78 Å². The van der Waals surface area contributed by atoms with Crippen LogP contribution in [0.1, 0.15) is 95.9 Å². The molecule has 0 aromatic heterocycles. The van der Waals surface area contributed by atoms with E-state index < -0.39 is 27.4 Å². The lowest BCUT2D eigenvalue weighted by Gasteiger charge is -2.42. The quantitative estimate of drug-likeness (QED) is 0.649. The lowest BCUT2D eigenvalue weighted by molar-refractivity contribution is -0.182. The fourth-order valence-corrected chi connectivity index (χ4v) is 2.66. The number of hydrogen-bond acceptors (Lipinski definition) is 4. The number of ketones is 3. The highest BCUT2D eigenvalue weighted by Crippen LogP contribution is 2.39. The summed E-state index contributed by atoms with van der Waals surface area (Å²) in [5.74, 6) is -0.364. The monoisotopic (exact) mass is 368 g/mol. The Morgan fingerprint density at radius 3 is 1.08 bits per heavy atom. The molecule has 0 unspecified atom stereocenters. The van der Waals surface area contributed by atoms with Crippen LogP contribution in [-0.2, 0) is 19.1 Å². The van der Waals surface area contributed by atoms with Crippen LogP contribution < -0.4 is 0 Å². The summed E-state index contributed by atoms with van der Waals surface area (Å²) in [6.07, 6.45) is -0.183. The summed E-state index contributed by atoms with van der Waals surface area (Å²) in [4.78, 5) is 39.2. The molecular formula is C22H40O4. The van der Waals surface area contributed by atoms with Gasteiger partial charge in [0, 0.05) is 29.1 Å². The van der Waals surface area contributed by atoms with E-state index in [0.717, 1.165) is 0 Å². The number of hydrogen-bond donors (Lipinski definition) is 0. The van der Waals surface area contributed by atoms with E-state index in [1.54, 1.807) is 20.8 Å². The van der Waals surface area contributed by atoms with Gasteiger partial charge in [-0.2, -0.15) is 0 Å². The first-order valence-electron chi connectivity index (χ1n) is 9.43. The molecule has 0 amide bonds. The predicted molar refractivity (Wildman–Crippen MR) is 106 cm³/mol. The molecular weight excluding hydrogens is 328 g/mol. The van der Waals surface area contributed by atoms with Crippen molar-refractivity contribution in [2.24, 2.45) is 16.2 Å². The highest BCUT2D eigenvalue weighted by Gasteiger charge is 2.51. The second-order valence-electron chi connectivity index (χ2n) is 11.5. The molecule has 26 heavy (non-hydrogen) atoms. The smallest absolute Gasteiger partial charge is 0.170 e. The fraction of sp³-hybridized carbons (Fsp3) is 0.864. The van der Waals surface area contributed by atoms with Crippen LogP contribution in [-0.4, -0.2) is 28.6 Å². The third-order valence-corrected chi connectivity index (χ3v) is 4.16. The van der Waals surface area contributed by atoms with Gasteiger partial charge in [-0.1, -0.05) is 62.3 Å². The van der Waals surface area contributed by atoms with E-state index in [4.69, 9.17) is 4.74 Å². The highest BCUT2D eigenvalue weighted by atomic mass is 16.5. The van der Waals surface area contributed by atoms with Gasteiger partial charge in [-0.15, -0.1) is 0 Å². The summed E-state index contributed by atoms with van der Waals surface area (Å²) in [5, 5.41) is 0. The largest absolute Gasteiger partial charge is 0.361 e. The number of ether oxygens (including phenoxy) is 1. The van der Waals surface area contributed by atoms with Gasteiger partial charge < -0.3 is 4.74 Å². The Bertz CT molecular complexity index is 515. The SMILES string of the molecule is CC(C)(C)OC(CC(=O)C(C)(C)C)(CC(=O)C(C)(C)C)C(=O)C(C)(C)C. The van der Waals surface area contributed by atoms with E-state index in [0.29, 0.717) is 0 Å². The summed E-state index contributed by atoms with van der Waals surface area (Å²) in [5.41, 5.74) is -4.09. The van der Waals surface area contributed by atoms with Crippen molar-refractivity contribution in [1.82, 2.24) is 0 Å². The van der Waals surface area contributed by atoms with Crippen LogP contribution in [0.25, 0.3) is 0 Å². The minimum Gasteiger partial charge on any atom is -0.361 e. The number of carbonyl (C=O) groups is 3. The van der Waals surface area contributed by atoms with Crippen molar-refractivity contribution in [3.05, 3.63) is 0 Å². The molecule has 0 fully saturated rings. The van der Waals surface area contributed by atoms with Crippen LogP contribution in [0, 0.1) is 16.2 Å². The average Bonchev–Trinajstić information content (AvgIpc) is 2.31. The molecule has 0 N–H and O–H groups in total. The maximum Gasteiger partial charge on any atom is 0.170 e. The Balaban J connectivity index is 6.39. The van der Waals surface area contributed by atoms with E-state index in [-0.39, 0.29) is 30.2 Å². The Hall–Kier alpha value is -1.03. The molecule has 0 aliphatic rings. The molecule has 0 aromatic rings. The number of carbonyl (C=O) groups excluding carboxylic acids is 3. The zero-order valence-electron chi connectivity index (χ0n) is 19.0. The predicted octanol–water partition coefficient (Wildman–Crippen LogP) is 5.17. The first kappa shape index (κ1) is 25.0. The van der Waals surface area contributed by atoms with Gasteiger partial charge in [-0.3, -0.25) is 14.4 Å². The van der Waals surface area contributed by atoms with Crippen LogP contribution in [0.2, 0.25) is 0 Å². The van der Waals surface area contributed by atoms with Crippen molar-refractivity contribution in [3.63, 3.8) is 0 Å². The van der Waals surface area contributed by atoms with Crippen molar-refractivity contribution >= 4 is 17.3 Å². The molecule has 0 aliphatic carbocycles. The number of Topliss-reactive ketones (excluding diaryl/α,β-unsaturated/α-hetero) is 3. The van der Waals surface area contributed by atoms with E-state index >= 15 is 0 Å². The van der Waals surface area contributed by atoms with Gasteiger partial charge >= 0.3 is 0 Å². The van der Waals surface area contributed by atoms with Crippen LogP contribution in [0.15, 0.2) is 0 Å². The van der Waals surface area contributed by atoms with Gasteiger partial charge in [-0.25, -0.2) is 0 Å². The second kappa shape index (κ2) is 7.53. The fourth-order valence-electron chi connectivity index (χ4n) is 2.66. The summed E-state index contributed by atoms with van der Waals surface area (Å²) >= 11 is 0. The van der Waals surface area contributed by atoms with Gasteiger partial charge in [0.2, 0.25) is 0 Å². The van der Waals surface area contributed by atoms with Crippen molar-refractivity contribution in [2.75, 3.05) is 0 Å². The normalized spacial score (nSPS) is 14.3. The maximum atomic E-state index is 13.5. The molecule has 0 saturated heterocycles. The first-order chi connectivity index (χ1) is 11.1.